The minimum absolute atomic E-state index is 0.155. The molecule has 0 aliphatic rings. The molecule has 2 heterocycles. The third kappa shape index (κ3) is 3.49. The normalized spacial score (nSPS) is 11.5. The first kappa shape index (κ1) is 20.7. The van der Waals surface area contributed by atoms with E-state index < -0.39 is 0 Å². The molecular weight excluding hydrogens is 468 g/mol. The lowest BCUT2D eigenvalue weighted by Gasteiger charge is -2.08. The van der Waals surface area contributed by atoms with Crippen LogP contribution in [0.2, 0.25) is 5.28 Å². The quantitative estimate of drug-likeness (QED) is 0.238. The van der Waals surface area contributed by atoms with Crippen LogP contribution in [0.4, 0.5) is 0 Å². The summed E-state index contributed by atoms with van der Waals surface area (Å²) in [6.07, 6.45) is 0. The van der Waals surface area contributed by atoms with Gasteiger partial charge in [-0.3, -0.25) is 0 Å². The Hall–Kier alpha value is -4.61. The zero-order valence-electron chi connectivity index (χ0n) is 18.9. The van der Waals surface area contributed by atoms with Crippen molar-refractivity contribution in [3.63, 3.8) is 0 Å². The van der Waals surface area contributed by atoms with Crippen molar-refractivity contribution in [2.45, 2.75) is 0 Å². The van der Waals surface area contributed by atoms with Crippen LogP contribution in [0.15, 0.2) is 108 Å². The van der Waals surface area contributed by atoms with Crippen LogP contribution in [0, 0.1) is 0 Å². The van der Waals surface area contributed by atoms with Crippen molar-refractivity contribution in [1.82, 2.24) is 19.9 Å². The van der Waals surface area contributed by atoms with Gasteiger partial charge in [-0.15, -0.1) is 0 Å². The Labute approximate surface area is 211 Å². The van der Waals surface area contributed by atoms with Gasteiger partial charge in [-0.05, 0) is 52.0 Å². The van der Waals surface area contributed by atoms with Crippen molar-refractivity contribution in [2.24, 2.45) is 0 Å². The van der Waals surface area contributed by atoms with E-state index >= 15 is 0 Å². The molecular formula is C30H17ClN4O. The number of rotatable bonds is 3. The highest BCUT2D eigenvalue weighted by Gasteiger charge is 2.15. The Kier molecular flexibility index (Phi) is 4.76. The third-order valence-electron chi connectivity index (χ3n) is 6.27. The van der Waals surface area contributed by atoms with Gasteiger partial charge in [-0.2, -0.15) is 9.97 Å². The molecule has 0 amide bonds. The van der Waals surface area contributed by atoms with Crippen LogP contribution in [-0.2, 0) is 0 Å². The molecule has 0 bridgehead atoms. The summed E-state index contributed by atoms with van der Waals surface area (Å²) in [5, 5.41) is 4.34. The minimum atomic E-state index is 0.155. The topological polar surface area (TPSA) is 64.7 Å². The monoisotopic (exact) mass is 484 g/mol. The highest BCUT2D eigenvalue weighted by Crippen LogP contribution is 2.36. The van der Waals surface area contributed by atoms with Crippen LogP contribution in [0.5, 0.6) is 0 Å². The highest BCUT2D eigenvalue weighted by molar-refractivity contribution is 6.28. The van der Waals surface area contributed by atoms with Gasteiger partial charge in [-0.1, -0.05) is 78.9 Å². The summed E-state index contributed by atoms with van der Waals surface area (Å²) in [5.74, 6) is 1.65. The van der Waals surface area contributed by atoms with E-state index in [4.69, 9.17) is 26.0 Å². The standard InChI is InChI=1S/C30H17ClN4O/c31-30-34-27(20-7-3-1-4-8-20)33-28(35-30)22-14-12-18-11-13-19-15-16-24-26(25(19)23(18)17-22)36-29(32-24)21-9-5-2-6-10-21/h1-17H. The summed E-state index contributed by atoms with van der Waals surface area (Å²) < 4.78 is 6.34. The Morgan fingerprint density at radius 3 is 1.97 bits per heavy atom. The lowest BCUT2D eigenvalue weighted by molar-refractivity contribution is 0.623. The van der Waals surface area contributed by atoms with Gasteiger partial charge in [-0.25, -0.2) is 9.97 Å². The van der Waals surface area contributed by atoms with Crippen LogP contribution >= 0.6 is 11.6 Å². The van der Waals surface area contributed by atoms with Crippen LogP contribution in [0.3, 0.4) is 0 Å². The molecule has 0 saturated heterocycles. The SMILES string of the molecule is Clc1nc(-c2ccccc2)nc(-c2ccc3ccc4ccc5nc(-c6ccccc6)oc5c4c3c2)n1. The van der Waals surface area contributed by atoms with Gasteiger partial charge in [0.25, 0.3) is 0 Å². The Morgan fingerprint density at radius 2 is 1.19 bits per heavy atom. The van der Waals surface area contributed by atoms with Gasteiger partial charge in [0.1, 0.15) is 5.52 Å². The molecule has 7 aromatic rings. The van der Waals surface area contributed by atoms with Crippen molar-refractivity contribution < 1.29 is 4.42 Å². The maximum Gasteiger partial charge on any atom is 0.227 e. The maximum absolute atomic E-state index is 6.34. The van der Waals surface area contributed by atoms with Crippen LogP contribution < -0.4 is 0 Å². The average Bonchev–Trinajstić information content (AvgIpc) is 3.38. The smallest absolute Gasteiger partial charge is 0.227 e. The van der Waals surface area contributed by atoms with E-state index in [1.165, 1.54) is 0 Å². The van der Waals surface area contributed by atoms with Crippen LogP contribution in [0.25, 0.3) is 66.9 Å². The molecule has 0 aliphatic heterocycles. The van der Waals surface area contributed by atoms with Crippen LogP contribution in [-0.4, -0.2) is 19.9 Å². The summed E-state index contributed by atoms with van der Waals surface area (Å²) >= 11 is 6.32. The number of benzene rings is 5. The van der Waals surface area contributed by atoms with Crippen molar-refractivity contribution >= 4 is 44.2 Å². The first-order valence-corrected chi connectivity index (χ1v) is 11.9. The number of hydrogen-bond acceptors (Lipinski definition) is 5. The number of oxazole rings is 1. The average molecular weight is 485 g/mol. The molecule has 0 radical (unpaired) electrons. The second-order valence-electron chi connectivity index (χ2n) is 8.52. The zero-order chi connectivity index (χ0) is 24.1. The molecule has 0 saturated carbocycles. The molecule has 0 fully saturated rings. The molecule has 0 unspecified atom stereocenters. The van der Waals surface area contributed by atoms with Crippen molar-refractivity contribution in [3.05, 3.63) is 108 Å². The van der Waals surface area contributed by atoms with Crippen molar-refractivity contribution in [2.75, 3.05) is 0 Å². The fraction of sp³-hybridized carbons (Fsp3) is 0. The number of nitrogens with zero attached hydrogens (tertiary/aromatic N) is 4. The first-order valence-electron chi connectivity index (χ1n) is 11.5. The van der Waals surface area contributed by atoms with E-state index in [0.29, 0.717) is 17.5 Å². The zero-order valence-corrected chi connectivity index (χ0v) is 19.6. The molecule has 2 aromatic heterocycles. The highest BCUT2D eigenvalue weighted by atomic mass is 35.5. The third-order valence-corrected chi connectivity index (χ3v) is 6.44. The molecule has 7 rings (SSSR count). The Morgan fingerprint density at radius 1 is 0.556 bits per heavy atom. The Balaban J connectivity index is 1.45. The van der Waals surface area contributed by atoms with E-state index in [-0.39, 0.29) is 5.28 Å². The second-order valence-corrected chi connectivity index (χ2v) is 8.85. The molecule has 0 N–H and O–H groups in total. The second kappa shape index (κ2) is 8.26. The van der Waals surface area contributed by atoms with Crippen molar-refractivity contribution in [1.29, 1.82) is 0 Å². The molecule has 0 atom stereocenters. The number of aromatic nitrogens is 4. The molecule has 0 aliphatic carbocycles. The number of hydrogen-bond donors (Lipinski definition) is 0. The van der Waals surface area contributed by atoms with E-state index in [0.717, 1.165) is 49.3 Å². The predicted octanol–water partition coefficient (Wildman–Crippen LogP) is 7.97. The largest absolute Gasteiger partial charge is 0.435 e. The molecule has 36 heavy (non-hydrogen) atoms. The molecule has 170 valence electrons. The van der Waals surface area contributed by atoms with E-state index in [2.05, 4.69) is 40.3 Å². The summed E-state index contributed by atoms with van der Waals surface area (Å²) in [4.78, 5) is 18.2. The summed E-state index contributed by atoms with van der Waals surface area (Å²) in [5.41, 5.74) is 4.24. The fourth-order valence-corrected chi connectivity index (χ4v) is 4.72. The Bertz CT molecular complexity index is 1900. The van der Waals surface area contributed by atoms with Gasteiger partial charge in [0.2, 0.25) is 11.2 Å². The van der Waals surface area contributed by atoms with Gasteiger partial charge in [0.15, 0.2) is 17.2 Å². The molecule has 5 aromatic carbocycles. The lowest BCUT2D eigenvalue weighted by Crippen LogP contribution is -1.97. The van der Waals surface area contributed by atoms with Gasteiger partial charge >= 0.3 is 0 Å². The van der Waals surface area contributed by atoms with Gasteiger partial charge < -0.3 is 4.42 Å². The van der Waals surface area contributed by atoms with Gasteiger partial charge in [0, 0.05) is 22.1 Å². The van der Waals surface area contributed by atoms with Gasteiger partial charge in [0.05, 0.1) is 0 Å². The van der Waals surface area contributed by atoms with E-state index in [1.54, 1.807) is 0 Å². The molecule has 5 nitrogen and oxygen atoms in total. The van der Waals surface area contributed by atoms with E-state index in [1.807, 2.05) is 72.8 Å². The molecule has 0 spiro atoms. The van der Waals surface area contributed by atoms with Crippen LogP contribution in [0.1, 0.15) is 0 Å². The minimum Gasteiger partial charge on any atom is -0.435 e. The summed E-state index contributed by atoms with van der Waals surface area (Å²) in [6, 6.07) is 34.1. The predicted molar refractivity (Wildman–Crippen MR) is 144 cm³/mol. The summed E-state index contributed by atoms with van der Waals surface area (Å²) in [6.45, 7) is 0. The lowest BCUT2D eigenvalue weighted by atomic mass is 9.99. The summed E-state index contributed by atoms with van der Waals surface area (Å²) in [7, 11) is 0. The van der Waals surface area contributed by atoms with Crippen molar-refractivity contribution in [3.8, 4) is 34.2 Å². The van der Waals surface area contributed by atoms with E-state index in [9.17, 15) is 0 Å². The first-order chi connectivity index (χ1) is 17.7. The fourth-order valence-electron chi connectivity index (χ4n) is 4.56. The maximum atomic E-state index is 6.34. The number of halogens is 1. The number of fused-ring (bicyclic) bond motifs is 5. The molecule has 6 heteroatoms.